The molecule has 1 amide bonds. The van der Waals surface area contributed by atoms with Gasteiger partial charge in [0.05, 0.1) is 18.6 Å². The van der Waals surface area contributed by atoms with Crippen molar-refractivity contribution in [3.8, 4) is 11.5 Å². The normalized spacial score (nSPS) is 10.9. The average molecular weight is 309 g/mol. The van der Waals surface area contributed by atoms with E-state index in [2.05, 4.69) is 5.32 Å². The Labute approximate surface area is 130 Å². The van der Waals surface area contributed by atoms with Gasteiger partial charge in [0.1, 0.15) is 6.54 Å². The van der Waals surface area contributed by atoms with Crippen LogP contribution in [0.15, 0.2) is 18.2 Å². The van der Waals surface area contributed by atoms with Gasteiger partial charge < -0.3 is 19.9 Å². The minimum atomic E-state index is -1.08. The van der Waals surface area contributed by atoms with Crippen LogP contribution in [0, 0.1) is 0 Å². The van der Waals surface area contributed by atoms with E-state index in [0.717, 1.165) is 5.56 Å². The molecular formula is C16H23NO5. The number of carbonyl (C=O) groups is 2. The second-order valence-electron chi connectivity index (χ2n) is 5.23. The number of hydrogen-bond donors (Lipinski definition) is 2. The van der Waals surface area contributed by atoms with Crippen LogP contribution in [0.25, 0.3) is 0 Å². The number of hydrogen-bond acceptors (Lipinski definition) is 4. The van der Waals surface area contributed by atoms with E-state index < -0.39 is 17.9 Å². The lowest BCUT2D eigenvalue weighted by Gasteiger charge is -2.25. The molecule has 0 atom stereocenters. The molecule has 0 spiro atoms. The van der Waals surface area contributed by atoms with Gasteiger partial charge in [-0.25, -0.2) is 0 Å². The summed E-state index contributed by atoms with van der Waals surface area (Å²) in [5.74, 6) is -0.247. The van der Waals surface area contributed by atoms with Crippen molar-refractivity contribution in [3.05, 3.63) is 23.8 Å². The van der Waals surface area contributed by atoms with Crippen LogP contribution < -0.4 is 14.8 Å². The molecule has 0 saturated heterocycles. The first-order valence-corrected chi connectivity index (χ1v) is 7.23. The largest absolute Gasteiger partial charge is 0.490 e. The fourth-order valence-corrected chi connectivity index (χ4v) is 1.95. The van der Waals surface area contributed by atoms with Gasteiger partial charge in [-0.3, -0.25) is 9.59 Å². The Bertz CT molecular complexity index is 539. The van der Waals surface area contributed by atoms with E-state index in [1.54, 1.807) is 32.0 Å². The summed E-state index contributed by atoms with van der Waals surface area (Å²) in [5, 5.41) is 11.1. The van der Waals surface area contributed by atoms with Gasteiger partial charge in [-0.1, -0.05) is 6.07 Å². The van der Waals surface area contributed by atoms with E-state index in [4.69, 9.17) is 14.6 Å². The number of nitrogens with one attached hydrogen (secondary N) is 1. The molecule has 0 aliphatic rings. The van der Waals surface area contributed by atoms with E-state index in [1.807, 2.05) is 13.8 Å². The van der Waals surface area contributed by atoms with Crippen molar-refractivity contribution in [1.82, 2.24) is 5.32 Å². The van der Waals surface area contributed by atoms with Gasteiger partial charge in [-0.2, -0.15) is 0 Å². The van der Waals surface area contributed by atoms with Crippen molar-refractivity contribution < 1.29 is 24.2 Å². The highest BCUT2D eigenvalue weighted by Gasteiger charge is 2.31. The second-order valence-corrected chi connectivity index (χ2v) is 5.23. The van der Waals surface area contributed by atoms with Crippen molar-refractivity contribution in [3.63, 3.8) is 0 Å². The highest BCUT2D eigenvalue weighted by Crippen LogP contribution is 2.33. The predicted octanol–water partition coefficient (Wildman–Crippen LogP) is 1.96. The molecule has 1 rings (SSSR count). The topological polar surface area (TPSA) is 84.9 Å². The smallest absolute Gasteiger partial charge is 0.322 e. The zero-order valence-electron chi connectivity index (χ0n) is 13.4. The molecule has 2 N–H and O–H groups in total. The fraction of sp³-hybridized carbons (Fsp3) is 0.500. The molecule has 122 valence electrons. The summed E-state index contributed by atoms with van der Waals surface area (Å²) in [6, 6.07) is 5.30. The zero-order valence-corrected chi connectivity index (χ0v) is 13.4. The molecular weight excluding hydrogens is 286 g/mol. The summed E-state index contributed by atoms with van der Waals surface area (Å²) < 4.78 is 11.0. The van der Waals surface area contributed by atoms with Crippen LogP contribution in [-0.2, 0) is 15.0 Å². The maximum Gasteiger partial charge on any atom is 0.322 e. The maximum absolute atomic E-state index is 12.2. The lowest BCUT2D eigenvalue weighted by Crippen LogP contribution is -2.42. The van der Waals surface area contributed by atoms with Crippen molar-refractivity contribution in [2.24, 2.45) is 0 Å². The third-order valence-corrected chi connectivity index (χ3v) is 3.23. The molecule has 0 radical (unpaired) electrons. The first-order chi connectivity index (χ1) is 10.3. The molecule has 0 aliphatic heterocycles. The Hall–Kier alpha value is -2.24. The molecule has 0 fully saturated rings. The van der Waals surface area contributed by atoms with Crippen LogP contribution in [0.5, 0.6) is 11.5 Å². The van der Waals surface area contributed by atoms with E-state index >= 15 is 0 Å². The number of amides is 1. The van der Waals surface area contributed by atoms with Crippen LogP contribution in [-0.4, -0.2) is 36.7 Å². The number of rotatable bonds is 8. The number of carboxylic acids is 1. The van der Waals surface area contributed by atoms with Crippen LogP contribution in [0.3, 0.4) is 0 Å². The standard InChI is InChI=1S/C16H23NO5/c1-5-21-12-8-7-11(9-13(12)22-6-2)16(3,4)15(20)17-10-14(18)19/h7-9H,5-6,10H2,1-4H3,(H,17,20)(H,18,19). The SMILES string of the molecule is CCOc1ccc(C(C)(C)C(=O)NCC(=O)O)cc1OCC. The maximum atomic E-state index is 12.2. The molecule has 1 aromatic carbocycles. The van der Waals surface area contributed by atoms with Crippen molar-refractivity contribution in [2.45, 2.75) is 33.1 Å². The fourth-order valence-electron chi connectivity index (χ4n) is 1.95. The third-order valence-electron chi connectivity index (χ3n) is 3.23. The Morgan fingerprint density at radius 3 is 2.27 bits per heavy atom. The summed E-state index contributed by atoms with van der Waals surface area (Å²) in [5.41, 5.74) is -0.159. The minimum Gasteiger partial charge on any atom is -0.490 e. The Balaban J connectivity index is 3.05. The molecule has 0 bridgehead atoms. The highest BCUT2D eigenvalue weighted by atomic mass is 16.5. The van der Waals surface area contributed by atoms with Crippen molar-refractivity contribution in [1.29, 1.82) is 0 Å². The van der Waals surface area contributed by atoms with Crippen LogP contribution in [0.4, 0.5) is 0 Å². The van der Waals surface area contributed by atoms with Gasteiger partial charge in [0.25, 0.3) is 0 Å². The lowest BCUT2D eigenvalue weighted by atomic mass is 9.83. The zero-order chi connectivity index (χ0) is 16.8. The molecule has 0 aliphatic carbocycles. The predicted molar refractivity (Wildman–Crippen MR) is 82.5 cm³/mol. The van der Waals surface area contributed by atoms with E-state index in [0.29, 0.717) is 24.7 Å². The van der Waals surface area contributed by atoms with Gasteiger partial charge in [0, 0.05) is 0 Å². The van der Waals surface area contributed by atoms with Gasteiger partial charge in [0.15, 0.2) is 11.5 Å². The van der Waals surface area contributed by atoms with Crippen molar-refractivity contribution >= 4 is 11.9 Å². The monoisotopic (exact) mass is 309 g/mol. The minimum absolute atomic E-state index is 0.360. The Morgan fingerprint density at radius 2 is 1.73 bits per heavy atom. The molecule has 0 aromatic heterocycles. The lowest BCUT2D eigenvalue weighted by molar-refractivity contribution is -0.138. The first-order valence-electron chi connectivity index (χ1n) is 7.23. The molecule has 0 heterocycles. The highest BCUT2D eigenvalue weighted by molar-refractivity contribution is 5.89. The second kappa shape index (κ2) is 7.68. The quantitative estimate of drug-likeness (QED) is 0.767. The van der Waals surface area contributed by atoms with E-state index in [-0.39, 0.29) is 5.91 Å². The molecule has 0 unspecified atom stereocenters. The summed E-state index contributed by atoms with van der Waals surface area (Å²) in [6.45, 7) is 7.81. The summed E-state index contributed by atoms with van der Waals surface area (Å²) >= 11 is 0. The third kappa shape index (κ3) is 4.38. The van der Waals surface area contributed by atoms with E-state index in [1.165, 1.54) is 0 Å². The van der Waals surface area contributed by atoms with Crippen LogP contribution in [0.2, 0.25) is 0 Å². The van der Waals surface area contributed by atoms with Crippen LogP contribution >= 0.6 is 0 Å². The number of aliphatic carboxylic acids is 1. The Morgan fingerprint density at radius 1 is 1.14 bits per heavy atom. The molecule has 6 nitrogen and oxygen atoms in total. The number of carbonyl (C=O) groups excluding carboxylic acids is 1. The van der Waals surface area contributed by atoms with Crippen molar-refractivity contribution in [2.75, 3.05) is 19.8 Å². The number of benzene rings is 1. The average Bonchev–Trinajstić information content (AvgIpc) is 2.46. The summed E-state index contributed by atoms with van der Waals surface area (Å²) in [6.07, 6.45) is 0. The summed E-state index contributed by atoms with van der Waals surface area (Å²) in [4.78, 5) is 22.8. The summed E-state index contributed by atoms with van der Waals surface area (Å²) in [7, 11) is 0. The van der Waals surface area contributed by atoms with Gasteiger partial charge >= 0.3 is 5.97 Å². The molecule has 0 saturated carbocycles. The molecule has 6 heteroatoms. The van der Waals surface area contributed by atoms with Gasteiger partial charge in [-0.05, 0) is 45.4 Å². The van der Waals surface area contributed by atoms with Crippen LogP contribution in [0.1, 0.15) is 33.3 Å². The molecule has 22 heavy (non-hydrogen) atoms. The number of ether oxygens (including phenoxy) is 2. The van der Waals surface area contributed by atoms with E-state index in [9.17, 15) is 9.59 Å². The van der Waals surface area contributed by atoms with Gasteiger partial charge in [0.2, 0.25) is 5.91 Å². The van der Waals surface area contributed by atoms with Gasteiger partial charge in [-0.15, -0.1) is 0 Å². The Kier molecular flexibility index (Phi) is 6.22. The first kappa shape index (κ1) is 17.8. The molecule has 1 aromatic rings. The number of carboxylic acid groups (broad SMARTS) is 1.